The third kappa shape index (κ3) is 3.01. The van der Waals surface area contributed by atoms with Crippen molar-refractivity contribution in [2.75, 3.05) is 26.1 Å². The minimum atomic E-state index is 0.126. The standard InChI is InChI=1S/C15H23NO3/c1-5-19-14-9-13(15(14)18-4)16-12-7-6-11(17-3)8-10(12)2/h6-8,13-16H,5,9H2,1-4H3. The van der Waals surface area contributed by atoms with Crippen LogP contribution in [-0.4, -0.2) is 39.1 Å². The van der Waals surface area contributed by atoms with Crippen LogP contribution in [0.1, 0.15) is 18.9 Å². The van der Waals surface area contributed by atoms with Gasteiger partial charge in [-0.2, -0.15) is 0 Å². The Kier molecular flexibility index (Phi) is 4.66. The van der Waals surface area contributed by atoms with Crippen molar-refractivity contribution in [3.05, 3.63) is 23.8 Å². The summed E-state index contributed by atoms with van der Waals surface area (Å²) in [5.74, 6) is 0.882. The van der Waals surface area contributed by atoms with Crippen LogP contribution in [0.15, 0.2) is 18.2 Å². The van der Waals surface area contributed by atoms with Crippen LogP contribution in [0.5, 0.6) is 5.75 Å². The highest BCUT2D eigenvalue weighted by Crippen LogP contribution is 2.31. The fourth-order valence-electron chi connectivity index (χ4n) is 2.54. The maximum absolute atomic E-state index is 5.63. The van der Waals surface area contributed by atoms with Crippen molar-refractivity contribution in [2.45, 2.75) is 38.5 Å². The Morgan fingerprint density at radius 2 is 2.11 bits per heavy atom. The molecule has 1 saturated carbocycles. The number of methoxy groups -OCH3 is 2. The molecule has 0 heterocycles. The van der Waals surface area contributed by atoms with Gasteiger partial charge in [-0.1, -0.05) is 0 Å². The van der Waals surface area contributed by atoms with E-state index in [4.69, 9.17) is 14.2 Å². The molecule has 1 fully saturated rings. The summed E-state index contributed by atoms with van der Waals surface area (Å²) >= 11 is 0. The van der Waals surface area contributed by atoms with Crippen LogP contribution in [0.25, 0.3) is 0 Å². The molecule has 1 aliphatic rings. The van der Waals surface area contributed by atoms with Crippen molar-refractivity contribution >= 4 is 5.69 Å². The lowest BCUT2D eigenvalue weighted by atomic mass is 9.85. The number of rotatable bonds is 6. The van der Waals surface area contributed by atoms with Gasteiger partial charge in [0.2, 0.25) is 0 Å². The molecule has 3 atom stereocenters. The van der Waals surface area contributed by atoms with E-state index in [1.165, 1.54) is 5.56 Å². The van der Waals surface area contributed by atoms with Gasteiger partial charge in [0.1, 0.15) is 11.9 Å². The number of ether oxygens (including phenoxy) is 3. The Morgan fingerprint density at radius 3 is 2.68 bits per heavy atom. The molecule has 1 aromatic rings. The zero-order valence-electron chi connectivity index (χ0n) is 12.1. The highest BCUT2D eigenvalue weighted by atomic mass is 16.5. The summed E-state index contributed by atoms with van der Waals surface area (Å²) in [7, 11) is 3.42. The van der Waals surface area contributed by atoms with Gasteiger partial charge in [0.25, 0.3) is 0 Å². The number of hydrogen-bond acceptors (Lipinski definition) is 4. The summed E-state index contributed by atoms with van der Waals surface area (Å²) in [5.41, 5.74) is 2.30. The molecule has 1 aliphatic carbocycles. The normalized spacial score (nSPS) is 25.8. The van der Waals surface area contributed by atoms with Crippen molar-refractivity contribution in [3.8, 4) is 5.75 Å². The first kappa shape index (κ1) is 14.2. The number of aryl methyl sites for hydroxylation is 1. The number of anilines is 1. The third-order valence-electron chi connectivity index (χ3n) is 3.68. The lowest BCUT2D eigenvalue weighted by molar-refractivity contribution is -0.118. The van der Waals surface area contributed by atoms with Gasteiger partial charge in [-0.15, -0.1) is 0 Å². The Morgan fingerprint density at radius 1 is 1.32 bits per heavy atom. The van der Waals surface area contributed by atoms with Crippen LogP contribution < -0.4 is 10.1 Å². The predicted octanol–water partition coefficient (Wildman–Crippen LogP) is 2.61. The molecule has 0 bridgehead atoms. The molecule has 19 heavy (non-hydrogen) atoms. The zero-order chi connectivity index (χ0) is 13.8. The smallest absolute Gasteiger partial charge is 0.119 e. The van der Waals surface area contributed by atoms with E-state index in [2.05, 4.69) is 18.3 Å². The van der Waals surface area contributed by atoms with Crippen LogP contribution in [0.3, 0.4) is 0 Å². The van der Waals surface area contributed by atoms with E-state index in [1.807, 2.05) is 19.1 Å². The Labute approximate surface area is 115 Å². The van der Waals surface area contributed by atoms with E-state index in [0.717, 1.165) is 24.5 Å². The highest BCUT2D eigenvalue weighted by molar-refractivity contribution is 5.54. The average Bonchev–Trinajstić information content (AvgIpc) is 2.39. The number of hydrogen-bond donors (Lipinski definition) is 1. The topological polar surface area (TPSA) is 39.7 Å². The molecule has 0 aromatic heterocycles. The minimum absolute atomic E-state index is 0.126. The molecule has 2 rings (SSSR count). The zero-order valence-corrected chi connectivity index (χ0v) is 12.1. The fourth-order valence-corrected chi connectivity index (χ4v) is 2.54. The minimum Gasteiger partial charge on any atom is -0.497 e. The first-order chi connectivity index (χ1) is 9.19. The van der Waals surface area contributed by atoms with Crippen LogP contribution in [0, 0.1) is 6.92 Å². The quantitative estimate of drug-likeness (QED) is 0.858. The summed E-state index contributed by atoms with van der Waals surface area (Å²) in [4.78, 5) is 0. The second kappa shape index (κ2) is 6.26. The Bertz CT molecular complexity index is 422. The second-order valence-corrected chi connectivity index (χ2v) is 4.86. The van der Waals surface area contributed by atoms with E-state index in [1.54, 1.807) is 14.2 Å². The molecule has 4 heteroatoms. The first-order valence-electron chi connectivity index (χ1n) is 6.75. The van der Waals surface area contributed by atoms with E-state index >= 15 is 0 Å². The van der Waals surface area contributed by atoms with Gasteiger partial charge in [0.15, 0.2) is 0 Å². The van der Waals surface area contributed by atoms with Gasteiger partial charge < -0.3 is 19.5 Å². The molecule has 1 aromatic carbocycles. The number of nitrogens with one attached hydrogen (secondary N) is 1. The van der Waals surface area contributed by atoms with E-state index in [0.29, 0.717) is 6.04 Å². The van der Waals surface area contributed by atoms with Crippen molar-refractivity contribution in [3.63, 3.8) is 0 Å². The Hall–Kier alpha value is -1.26. The molecule has 0 saturated heterocycles. The first-order valence-corrected chi connectivity index (χ1v) is 6.75. The van der Waals surface area contributed by atoms with Crippen LogP contribution in [0.4, 0.5) is 5.69 Å². The lowest BCUT2D eigenvalue weighted by Crippen LogP contribution is -2.56. The van der Waals surface area contributed by atoms with Gasteiger partial charge in [-0.3, -0.25) is 0 Å². The summed E-state index contributed by atoms with van der Waals surface area (Å²) in [5, 5.41) is 3.53. The molecule has 0 spiro atoms. The van der Waals surface area contributed by atoms with Crippen LogP contribution in [-0.2, 0) is 9.47 Å². The monoisotopic (exact) mass is 265 g/mol. The molecule has 1 N–H and O–H groups in total. The largest absolute Gasteiger partial charge is 0.497 e. The van der Waals surface area contributed by atoms with Crippen molar-refractivity contribution in [2.24, 2.45) is 0 Å². The molecule has 106 valence electrons. The molecule has 0 amide bonds. The molecular weight excluding hydrogens is 242 g/mol. The lowest BCUT2D eigenvalue weighted by Gasteiger charge is -2.44. The van der Waals surface area contributed by atoms with E-state index in [9.17, 15) is 0 Å². The number of benzene rings is 1. The van der Waals surface area contributed by atoms with Crippen LogP contribution in [0.2, 0.25) is 0 Å². The predicted molar refractivity (Wildman–Crippen MR) is 76.0 cm³/mol. The maximum atomic E-state index is 5.63. The van der Waals surface area contributed by atoms with Gasteiger partial charge in [-0.05, 0) is 44.0 Å². The highest BCUT2D eigenvalue weighted by Gasteiger charge is 2.42. The molecule has 0 radical (unpaired) electrons. The van der Waals surface area contributed by atoms with E-state index in [-0.39, 0.29) is 12.2 Å². The van der Waals surface area contributed by atoms with Gasteiger partial charge in [0, 0.05) is 19.4 Å². The Balaban J connectivity index is 1.98. The molecular formula is C15H23NO3. The maximum Gasteiger partial charge on any atom is 0.119 e. The van der Waals surface area contributed by atoms with Crippen molar-refractivity contribution in [1.29, 1.82) is 0 Å². The SMILES string of the molecule is CCOC1CC(Nc2ccc(OC)cc2C)C1OC. The average molecular weight is 265 g/mol. The summed E-state index contributed by atoms with van der Waals surface area (Å²) in [6.07, 6.45) is 1.32. The van der Waals surface area contributed by atoms with E-state index < -0.39 is 0 Å². The van der Waals surface area contributed by atoms with Gasteiger partial charge in [0.05, 0.1) is 19.3 Å². The fraction of sp³-hybridized carbons (Fsp3) is 0.600. The second-order valence-electron chi connectivity index (χ2n) is 4.86. The van der Waals surface area contributed by atoms with Gasteiger partial charge in [-0.25, -0.2) is 0 Å². The summed E-state index contributed by atoms with van der Waals surface area (Å²) in [6, 6.07) is 6.36. The summed E-state index contributed by atoms with van der Waals surface area (Å²) < 4.78 is 16.4. The van der Waals surface area contributed by atoms with Crippen molar-refractivity contribution in [1.82, 2.24) is 0 Å². The molecule has 3 unspecified atom stereocenters. The van der Waals surface area contributed by atoms with Crippen LogP contribution >= 0.6 is 0 Å². The van der Waals surface area contributed by atoms with Crippen molar-refractivity contribution < 1.29 is 14.2 Å². The molecule has 4 nitrogen and oxygen atoms in total. The summed E-state index contributed by atoms with van der Waals surface area (Å²) in [6.45, 7) is 4.82. The molecule has 0 aliphatic heterocycles. The third-order valence-corrected chi connectivity index (χ3v) is 3.68. The van der Waals surface area contributed by atoms with Gasteiger partial charge >= 0.3 is 0 Å².